The van der Waals surface area contributed by atoms with Crippen LogP contribution in [0.5, 0.6) is 0 Å². The van der Waals surface area contributed by atoms with Crippen molar-refractivity contribution in [2.24, 2.45) is 5.92 Å². The number of carbonyl (C=O) groups excluding carboxylic acids is 1. The van der Waals surface area contributed by atoms with Crippen molar-refractivity contribution in [1.29, 1.82) is 5.26 Å². The Labute approximate surface area is 205 Å². The number of rotatable bonds is 5. The number of nitriles is 1. The normalized spacial score (nSPS) is 26.4. The molecule has 1 saturated heterocycles. The molecule has 3 N–H and O–H groups in total. The molecule has 0 spiro atoms. The first-order valence-corrected chi connectivity index (χ1v) is 14.3. The van der Waals surface area contributed by atoms with Crippen LogP contribution in [0, 0.1) is 24.2 Å². The Morgan fingerprint density at radius 1 is 1.29 bits per heavy atom. The first-order chi connectivity index (χ1) is 16.2. The summed E-state index contributed by atoms with van der Waals surface area (Å²) in [4.78, 5) is 20.9. The zero-order chi connectivity index (χ0) is 24.5. The second-order valence-corrected chi connectivity index (χ2v) is 12.8. The van der Waals surface area contributed by atoms with Crippen LogP contribution >= 0.6 is 21.9 Å². The molecule has 1 aromatic heterocycles. The smallest absolute Gasteiger partial charge is 0.224 e. The van der Waals surface area contributed by atoms with Gasteiger partial charge < -0.3 is 10.2 Å². The Bertz CT molecular complexity index is 1060. The van der Waals surface area contributed by atoms with Crippen LogP contribution in [0.4, 0.5) is 10.1 Å². The summed E-state index contributed by atoms with van der Waals surface area (Å²) < 4.78 is 34.0. The maximum absolute atomic E-state index is 14.3. The number of carbonyl (C=O) groups is 1. The largest absolute Gasteiger partial charge is 0.368 e. The highest BCUT2D eigenvalue weighted by molar-refractivity contribution is 8.24. The minimum absolute atomic E-state index is 0.137. The van der Waals surface area contributed by atoms with Crippen LogP contribution in [0.1, 0.15) is 42.8 Å². The third-order valence-electron chi connectivity index (χ3n) is 6.66. The number of halogens is 1. The van der Waals surface area contributed by atoms with Gasteiger partial charge in [0.15, 0.2) is 0 Å². The molecule has 4 rings (SSSR count). The molecule has 0 radical (unpaired) electrons. The van der Waals surface area contributed by atoms with Gasteiger partial charge in [-0.3, -0.25) is 13.9 Å². The zero-order valence-electron chi connectivity index (χ0n) is 19.4. The quantitative estimate of drug-likeness (QED) is 0.530. The van der Waals surface area contributed by atoms with Crippen LogP contribution in [0.2, 0.25) is 0 Å². The topological polar surface area (TPSA) is 109 Å². The number of alkyl halides is 1. The molecule has 7 nitrogen and oxygen atoms in total. The van der Waals surface area contributed by atoms with E-state index in [1.54, 1.807) is 18.3 Å². The van der Waals surface area contributed by atoms with Gasteiger partial charge in [-0.05, 0) is 50.8 Å². The molecule has 2 aromatic rings. The SMILES string of the molecule is Cc1nc([C@@H]2CC[C@H](F)C[C@H]2C(=O)N[C@@H](C)C#N)c(-c2ccc(N3CCS(O)(O)CC3)cc2)s1. The van der Waals surface area contributed by atoms with Gasteiger partial charge in [0.25, 0.3) is 0 Å². The highest BCUT2D eigenvalue weighted by Crippen LogP contribution is 2.45. The number of amides is 1. The fraction of sp³-hybridized carbons (Fsp3) is 0.542. The van der Waals surface area contributed by atoms with Crippen molar-refractivity contribution >= 4 is 33.5 Å². The lowest BCUT2D eigenvalue weighted by molar-refractivity contribution is -0.127. The molecule has 2 aliphatic rings. The van der Waals surface area contributed by atoms with E-state index in [1.807, 2.05) is 37.3 Å². The predicted molar refractivity (Wildman–Crippen MR) is 135 cm³/mol. The predicted octanol–water partition coefficient (Wildman–Crippen LogP) is 4.94. The van der Waals surface area contributed by atoms with Crippen LogP contribution in [-0.2, 0) is 4.79 Å². The number of thiazole rings is 1. The maximum Gasteiger partial charge on any atom is 0.224 e. The summed E-state index contributed by atoms with van der Waals surface area (Å²) >= 11 is 1.57. The van der Waals surface area contributed by atoms with E-state index in [0.29, 0.717) is 37.4 Å². The average molecular weight is 507 g/mol. The standard InChI is InChI=1S/C24H31FN4O3S2/c1-15(14-26)27-24(30)21-13-18(25)5-8-20(21)22-23(33-16(2)28-22)17-3-6-19(7-4-17)29-9-11-34(31,32)12-10-29/h3-4,6-7,15,18,20-21,31-32H,5,8-13H2,1-2H3,(H,27,30)/t15-,18-,20+,21+/m0/s1. The lowest BCUT2D eigenvalue weighted by atomic mass is 9.75. The molecule has 1 aromatic carbocycles. The van der Waals surface area contributed by atoms with Crippen LogP contribution < -0.4 is 10.2 Å². The first kappa shape index (κ1) is 24.9. The molecule has 4 atom stereocenters. The van der Waals surface area contributed by atoms with Crippen LogP contribution in [0.15, 0.2) is 24.3 Å². The van der Waals surface area contributed by atoms with Crippen molar-refractivity contribution in [2.45, 2.75) is 51.2 Å². The van der Waals surface area contributed by atoms with Gasteiger partial charge in [0.2, 0.25) is 5.91 Å². The molecule has 1 aliphatic heterocycles. The molecular weight excluding hydrogens is 475 g/mol. The number of aryl methyl sites for hydroxylation is 1. The van der Waals surface area contributed by atoms with Crippen molar-refractivity contribution in [2.75, 3.05) is 29.5 Å². The molecule has 10 heteroatoms. The highest BCUT2D eigenvalue weighted by atomic mass is 32.3. The van der Waals surface area contributed by atoms with E-state index in [-0.39, 0.29) is 18.2 Å². The van der Waals surface area contributed by atoms with Crippen molar-refractivity contribution in [1.82, 2.24) is 10.3 Å². The number of nitrogens with one attached hydrogen (secondary N) is 1. The van der Waals surface area contributed by atoms with Crippen LogP contribution in [-0.4, -0.2) is 56.8 Å². The molecule has 1 saturated carbocycles. The molecule has 34 heavy (non-hydrogen) atoms. The maximum atomic E-state index is 14.3. The second-order valence-electron chi connectivity index (χ2n) is 9.17. The fourth-order valence-electron chi connectivity index (χ4n) is 4.80. The van der Waals surface area contributed by atoms with Crippen LogP contribution in [0.3, 0.4) is 0 Å². The van der Waals surface area contributed by atoms with E-state index < -0.39 is 28.7 Å². The molecule has 1 aliphatic carbocycles. The number of aromatic nitrogens is 1. The lowest BCUT2D eigenvalue weighted by Crippen LogP contribution is -2.41. The van der Waals surface area contributed by atoms with E-state index in [4.69, 9.17) is 10.2 Å². The Morgan fingerprint density at radius 3 is 2.62 bits per heavy atom. The summed E-state index contributed by atoms with van der Waals surface area (Å²) in [6.07, 6.45) is 0.0346. The van der Waals surface area contributed by atoms with Gasteiger partial charge in [0.1, 0.15) is 12.2 Å². The molecule has 2 fully saturated rings. The average Bonchev–Trinajstić information content (AvgIpc) is 3.20. The Balaban J connectivity index is 1.58. The molecule has 2 heterocycles. The molecule has 1 amide bonds. The monoisotopic (exact) mass is 506 g/mol. The Morgan fingerprint density at radius 2 is 1.97 bits per heavy atom. The number of nitrogens with zero attached hydrogens (tertiary/aromatic N) is 3. The van der Waals surface area contributed by atoms with Crippen molar-refractivity contribution < 1.29 is 18.3 Å². The second kappa shape index (κ2) is 10.2. The van der Waals surface area contributed by atoms with Crippen molar-refractivity contribution in [3.05, 3.63) is 35.0 Å². The lowest BCUT2D eigenvalue weighted by Gasteiger charge is -2.41. The molecule has 184 valence electrons. The van der Waals surface area contributed by atoms with Crippen molar-refractivity contribution in [3.8, 4) is 16.5 Å². The third-order valence-corrected chi connectivity index (χ3v) is 9.37. The zero-order valence-corrected chi connectivity index (χ0v) is 21.0. The van der Waals surface area contributed by atoms with Crippen LogP contribution in [0.25, 0.3) is 10.4 Å². The number of hydrogen-bond acceptors (Lipinski definition) is 7. The number of benzene rings is 1. The van der Waals surface area contributed by atoms with Gasteiger partial charge in [0.05, 0.1) is 33.2 Å². The molecule has 0 unspecified atom stereocenters. The van der Waals surface area contributed by atoms with Gasteiger partial charge in [-0.25, -0.2) is 9.37 Å². The minimum Gasteiger partial charge on any atom is -0.368 e. The summed E-state index contributed by atoms with van der Waals surface area (Å²) in [5, 5.41) is 12.7. The van der Waals surface area contributed by atoms with E-state index in [9.17, 15) is 18.3 Å². The van der Waals surface area contributed by atoms with E-state index in [2.05, 4.69) is 10.2 Å². The third kappa shape index (κ3) is 5.54. The van der Waals surface area contributed by atoms with Crippen molar-refractivity contribution in [3.63, 3.8) is 0 Å². The van der Waals surface area contributed by atoms with Gasteiger partial charge in [-0.1, -0.05) is 12.1 Å². The molecular formula is C24H31FN4O3S2. The van der Waals surface area contributed by atoms with E-state index >= 15 is 0 Å². The summed E-state index contributed by atoms with van der Waals surface area (Å²) in [7, 11) is -2.44. The molecule has 0 bridgehead atoms. The van der Waals surface area contributed by atoms with E-state index in [0.717, 1.165) is 26.8 Å². The Kier molecular flexibility index (Phi) is 7.48. The summed E-state index contributed by atoms with van der Waals surface area (Å²) in [6, 6.07) is 9.51. The Hall–Kier alpha value is -2.19. The first-order valence-electron chi connectivity index (χ1n) is 11.6. The van der Waals surface area contributed by atoms with E-state index in [1.165, 1.54) is 0 Å². The number of anilines is 1. The van der Waals surface area contributed by atoms with Gasteiger partial charge in [-0.15, -0.1) is 11.3 Å². The summed E-state index contributed by atoms with van der Waals surface area (Å²) in [5.74, 6) is -0.280. The summed E-state index contributed by atoms with van der Waals surface area (Å²) in [6.45, 7) is 4.77. The minimum atomic E-state index is -2.44. The highest BCUT2D eigenvalue weighted by Gasteiger charge is 2.39. The van der Waals surface area contributed by atoms with Gasteiger partial charge in [-0.2, -0.15) is 15.9 Å². The fourth-order valence-corrected chi connectivity index (χ4v) is 7.02. The number of hydrogen-bond donors (Lipinski definition) is 3. The summed E-state index contributed by atoms with van der Waals surface area (Å²) in [5.41, 5.74) is 2.86. The van der Waals surface area contributed by atoms with Gasteiger partial charge in [0, 0.05) is 30.6 Å². The van der Waals surface area contributed by atoms with Gasteiger partial charge >= 0.3 is 0 Å².